The van der Waals surface area contributed by atoms with Gasteiger partial charge in [-0.05, 0) is 60.9 Å². The van der Waals surface area contributed by atoms with Crippen LogP contribution in [0.2, 0.25) is 5.02 Å². The number of ketones is 2. The van der Waals surface area contributed by atoms with Gasteiger partial charge in [-0.3, -0.25) is 19.3 Å². The SMILES string of the molecule is CCN(CCC(C)(C)C)Cc1cc(O)c2c(c1Cl)CC1C[C@H]3CC(O)=C(C(N)=O)C(=O)[C@@]3(O)C(O)=C1C2=O. The third-order valence-corrected chi connectivity index (χ3v) is 8.56. The number of primary amides is 1. The maximum Gasteiger partial charge on any atom is 0.255 e. The number of hydrogen-bond donors (Lipinski definition) is 5. The van der Waals surface area contributed by atoms with Gasteiger partial charge < -0.3 is 26.2 Å². The molecule has 0 aromatic heterocycles. The lowest BCUT2D eigenvalue weighted by Gasteiger charge is -2.45. The van der Waals surface area contributed by atoms with Crippen LogP contribution in [0.15, 0.2) is 28.7 Å². The number of aliphatic hydroxyl groups is 3. The van der Waals surface area contributed by atoms with E-state index in [0.29, 0.717) is 22.7 Å². The van der Waals surface area contributed by atoms with E-state index in [0.717, 1.165) is 19.5 Å². The van der Waals surface area contributed by atoms with Crippen LogP contribution in [0.5, 0.6) is 5.75 Å². The van der Waals surface area contributed by atoms with Crippen molar-refractivity contribution >= 4 is 29.1 Å². The Hall–Kier alpha value is -2.88. The predicted molar refractivity (Wildman–Crippen MR) is 141 cm³/mol. The minimum atomic E-state index is -2.58. The fourth-order valence-electron chi connectivity index (χ4n) is 5.92. The summed E-state index contributed by atoms with van der Waals surface area (Å²) < 4.78 is 0. The van der Waals surface area contributed by atoms with Crippen LogP contribution in [0.25, 0.3) is 0 Å². The Kier molecular flexibility index (Phi) is 7.18. The lowest BCUT2D eigenvalue weighted by Crippen LogP contribution is -2.57. The van der Waals surface area contributed by atoms with Crippen LogP contribution in [-0.2, 0) is 22.6 Å². The van der Waals surface area contributed by atoms with Gasteiger partial charge in [0.05, 0.1) is 5.56 Å². The van der Waals surface area contributed by atoms with E-state index in [4.69, 9.17) is 17.3 Å². The number of Topliss-reactive ketones (excluding diaryl/α,β-unsaturated/α-hetero) is 2. The number of allylic oxidation sites excluding steroid dienone is 2. The fourth-order valence-corrected chi connectivity index (χ4v) is 6.21. The summed E-state index contributed by atoms with van der Waals surface area (Å²) in [5.74, 6) is -6.54. The highest BCUT2D eigenvalue weighted by molar-refractivity contribution is 6.33. The Bertz CT molecular complexity index is 1290. The second-order valence-corrected chi connectivity index (χ2v) is 12.2. The molecule has 206 valence electrons. The van der Waals surface area contributed by atoms with Crippen LogP contribution in [0.1, 0.15) is 68.4 Å². The number of hydrogen-bond acceptors (Lipinski definition) is 8. The Morgan fingerprint density at radius 2 is 1.87 bits per heavy atom. The number of halogens is 1. The molecule has 4 rings (SSSR count). The highest BCUT2D eigenvalue weighted by atomic mass is 35.5. The van der Waals surface area contributed by atoms with E-state index in [1.54, 1.807) is 0 Å². The topological polar surface area (TPSA) is 161 Å². The number of fused-ring (bicyclic) bond motifs is 3. The van der Waals surface area contributed by atoms with E-state index < -0.39 is 52.0 Å². The van der Waals surface area contributed by atoms with Crippen molar-refractivity contribution in [2.45, 2.75) is 65.5 Å². The Balaban J connectivity index is 1.74. The Morgan fingerprint density at radius 3 is 2.45 bits per heavy atom. The zero-order valence-corrected chi connectivity index (χ0v) is 22.9. The zero-order chi connectivity index (χ0) is 28.3. The summed E-state index contributed by atoms with van der Waals surface area (Å²) in [6.07, 6.45) is 0.943. The summed E-state index contributed by atoms with van der Waals surface area (Å²) in [5.41, 5.74) is 2.86. The van der Waals surface area contributed by atoms with Gasteiger partial charge in [-0.1, -0.05) is 39.3 Å². The average molecular weight is 547 g/mol. The maximum atomic E-state index is 13.6. The van der Waals surface area contributed by atoms with Gasteiger partial charge in [-0.2, -0.15) is 0 Å². The van der Waals surface area contributed by atoms with Crippen molar-refractivity contribution in [3.8, 4) is 5.75 Å². The van der Waals surface area contributed by atoms with Crippen molar-refractivity contribution in [3.63, 3.8) is 0 Å². The second-order valence-electron chi connectivity index (χ2n) is 11.8. The molecule has 0 bridgehead atoms. The lowest BCUT2D eigenvalue weighted by molar-refractivity contribution is -0.144. The number of carbonyl (C=O) groups is 3. The zero-order valence-electron chi connectivity index (χ0n) is 22.1. The molecular weight excluding hydrogens is 512 g/mol. The lowest BCUT2D eigenvalue weighted by atomic mass is 9.60. The van der Waals surface area contributed by atoms with Gasteiger partial charge in [0.25, 0.3) is 5.91 Å². The number of aliphatic hydroxyl groups excluding tert-OH is 2. The third-order valence-electron chi connectivity index (χ3n) is 8.09. The predicted octanol–water partition coefficient (Wildman–Crippen LogP) is 3.49. The van der Waals surface area contributed by atoms with Crippen molar-refractivity contribution in [2.24, 2.45) is 23.0 Å². The standard InChI is InChI=1S/C28H35ClN2O7/c1-5-31(7-6-27(2,3)4)12-14-10-17(32)20-16(22(14)29)9-13-8-15-11-18(33)21(26(30)37)25(36)28(15,38)24(35)19(13)23(20)34/h10,13,15,32-33,35,38H,5-9,11-12H2,1-4H3,(H2,30,37)/t13?,15-,28-/m0/s1. The molecule has 6 N–H and O–H groups in total. The summed E-state index contributed by atoms with van der Waals surface area (Å²) >= 11 is 6.82. The molecule has 0 aliphatic heterocycles. The summed E-state index contributed by atoms with van der Waals surface area (Å²) in [4.78, 5) is 40.6. The average Bonchev–Trinajstić information content (AvgIpc) is 2.81. The number of carbonyl (C=O) groups excluding carboxylic acids is 3. The summed E-state index contributed by atoms with van der Waals surface area (Å²) in [6.45, 7) is 10.6. The van der Waals surface area contributed by atoms with Gasteiger partial charge >= 0.3 is 0 Å². The van der Waals surface area contributed by atoms with Gasteiger partial charge in [0.2, 0.25) is 5.78 Å². The number of rotatable bonds is 6. The van der Waals surface area contributed by atoms with Crippen LogP contribution in [0.4, 0.5) is 0 Å². The number of nitrogens with zero attached hydrogens (tertiary/aromatic N) is 1. The van der Waals surface area contributed by atoms with Gasteiger partial charge in [0.1, 0.15) is 22.8 Å². The first-order valence-corrected chi connectivity index (χ1v) is 13.2. The fraction of sp³-hybridized carbons (Fsp3) is 0.536. The van der Waals surface area contributed by atoms with Crippen LogP contribution >= 0.6 is 11.6 Å². The largest absolute Gasteiger partial charge is 0.511 e. The number of aromatic hydroxyl groups is 1. The Morgan fingerprint density at radius 1 is 1.21 bits per heavy atom. The van der Waals surface area contributed by atoms with Crippen molar-refractivity contribution in [1.82, 2.24) is 4.90 Å². The van der Waals surface area contributed by atoms with E-state index >= 15 is 0 Å². The van der Waals surface area contributed by atoms with Crippen molar-refractivity contribution in [1.29, 1.82) is 0 Å². The minimum absolute atomic E-state index is 0.0664. The molecule has 1 unspecified atom stereocenters. The monoisotopic (exact) mass is 546 g/mol. The molecule has 0 heterocycles. The molecule has 9 nitrogen and oxygen atoms in total. The molecule has 38 heavy (non-hydrogen) atoms. The quantitative estimate of drug-likeness (QED) is 0.339. The van der Waals surface area contributed by atoms with Gasteiger partial charge in [0, 0.05) is 29.5 Å². The Labute approximate surface area is 226 Å². The molecule has 1 aromatic rings. The van der Waals surface area contributed by atoms with Crippen LogP contribution in [0.3, 0.4) is 0 Å². The minimum Gasteiger partial charge on any atom is -0.511 e. The van der Waals surface area contributed by atoms with Crippen LogP contribution in [-0.4, -0.2) is 61.5 Å². The normalized spacial score (nSPS) is 25.4. The molecular formula is C28H35ClN2O7. The van der Waals surface area contributed by atoms with E-state index in [9.17, 15) is 34.8 Å². The number of phenolic OH excluding ortho intramolecular Hbond substituents is 1. The van der Waals surface area contributed by atoms with Crippen molar-refractivity contribution in [2.75, 3.05) is 13.1 Å². The first kappa shape index (κ1) is 28.1. The van der Waals surface area contributed by atoms with E-state index in [1.165, 1.54) is 6.07 Å². The van der Waals surface area contributed by atoms with Gasteiger partial charge in [-0.25, -0.2) is 0 Å². The molecule has 0 fully saturated rings. The van der Waals surface area contributed by atoms with Crippen molar-refractivity contribution < 1.29 is 34.8 Å². The highest BCUT2D eigenvalue weighted by Gasteiger charge is 2.59. The molecule has 3 aliphatic rings. The summed E-state index contributed by atoms with van der Waals surface area (Å²) in [6, 6.07) is 1.45. The molecule has 3 atom stereocenters. The molecule has 0 radical (unpaired) electrons. The van der Waals surface area contributed by atoms with E-state index in [-0.39, 0.29) is 41.6 Å². The van der Waals surface area contributed by atoms with Crippen LogP contribution < -0.4 is 5.73 Å². The first-order valence-electron chi connectivity index (χ1n) is 12.8. The number of amides is 1. The van der Waals surface area contributed by atoms with Gasteiger partial charge in [0.15, 0.2) is 11.4 Å². The smallest absolute Gasteiger partial charge is 0.255 e. The van der Waals surface area contributed by atoms with Crippen LogP contribution in [0, 0.1) is 17.3 Å². The molecule has 1 aromatic carbocycles. The summed E-state index contributed by atoms with van der Waals surface area (Å²) in [5, 5.41) is 44.0. The summed E-state index contributed by atoms with van der Waals surface area (Å²) in [7, 11) is 0. The maximum absolute atomic E-state index is 13.6. The molecule has 10 heteroatoms. The molecule has 0 saturated heterocycles. The van der Waals surface area contributed by atoms with Gasteiger partial charge in [-0.15, -0.1) is 0 Å². The van der Waals surface area contributed by atoms with E-state index in [2.05, 4.69) is 25.7 Å². The molecule has 3 aliphatic carbocycles. The molecule has 0 spiro atoms. The number of nitrogens with two attached hydrogens (primary N) is 1. The first-order chi connectivity index (χ1) is 17.6. The highest BCUT2D eigenvalue weighted by Crippen LogP contribution is 2.52. The molecule has 1 amide bonds. The number of phenols is 1. The third kappa shape index (κ3) is 4.50. The number of benzene rings is 1. The second kappa shape index (κ2) is 9.70. The van der Waals surface area contributed by atoms with Crippen molar-refractivity contribution in [3.05, 3.63) is 50.4 Å². The molecule has 0 saturated carbocycles. The van der Waals surface area contributed by atoms with E-state index in [1.807, 2.05) is 6.92 Å².